The zero-order valence-electron chi connectivity index (χ0n) is 51.8. The number of hydrogen-bond donors (Lipinski definition) is 0. The Labute approximate surface area is 509 Å². The van der Waals surface area contributed by atoms with Gasteiger partial charge < -0.3 is 0 Å². The Morgan fingerprint density at radius 3 is 1.17 bits per heavy atom. The Balaban J connectivity index is 1.05. The van der Waals surface area contributed by atoms with E-state index in [2.05, 4.69) is 118 Å². The highest BCUT2D eigenvalue weighted by atomic mass is 32.1. The van der Waals surface area contributed by atoms with Crippen molar-refractivity contribution in [3.8, 4) is 53.6 Å². The first kappa shape index (κ1) is 58.3. The van der Waals surface area contributed by atoms with Crippen molar-refractivity contribution in [3.05, 3.63) is 103 Å². The molecule has 4 aromatic carbocycles. The smallest absolute Gasteiger partial charge is 0.114 e. The summed E-state index contributed by atoms with van der Waals surface area (Å²) >= 11 is 6.86. The molecule has 0 saturated heterocycles. The van der Waals surface area contributed by atoms with Crippen molar-refractivity contribution in [2.75, 3.05) is 0 Å². The van der Waals surface area contributed by atoms with Crippen molar-refractivity contribution in [1.82, 2.24) is 17.5 Å². The summed E-state index contributed by atoms with van der Waals surface area (Å²) in [6.07, 6.45) is 36.0. The van der Waals surface area contributed by atoms with Gasteiger partial charge in [-0.25, -0.2) is 0 Å². The lowest BCUT2D eigenvalue weighted by Gasteiger charge is -2.35. The molecule has 8 aromatic rings. The molecule has 0 amide bonds. The van der Waals surface area contributed by atoms with Gasteiger partial charge in [-0.2, -0.15) is 17.5 Å². The van der Waals surface area contributed by atoms with E-state index in [1.807, 2.05) is 22.7 Å². The molecule has 0 fully saturated rings. The van der Waals surface area contributed by atoms with Crippen LogP contribution < -0.4 is 0 Å². The van der Waals surface area contributed by atoms with E-state index >= 15 is 0 Å². The van der Waals surface area contributed by atoms with E-state index < -0.39 is 0 Å². The maximum Gasteiger partial charge on any atom is 0.114 e. The number of benzene rings is 4. The zero-order chi connectivity index (χ0) is 57.0. The predicted molar refractivity (Wildman–Crippen MR) is 359 cm³/mol. The highest BCUT2D eigenvalue weighted by Gasteiger charge is 2.51. The van der Waals surface area contributed by atoms with Gasteiger partial charge in [-0.15, -0.1) is 22.7 Å². The molecule has 4 heterocycles. The van der Waals surface area contributed by atoms with Crippen molar-refractivity contribution in [2.24, 2.45) is 0 Å². The fraction of sp³-hybridized carbons (Fsp3) is 0.568. The van der Waals surface area contributed by atoms with Gasteiger partial charge in [0.1, 0.15) is 22.1 Å². The molecule has 4 aliphatic carbocycles. The fourth-order valence-corrected chi connectivity index (χ4v) is 20.2. The van der Waals surface area contributed by atoms with E-state index in [0.29, 0.717) is 0 Å². The molecule has 0 radical (unpaired) electrons. The molecule has 4 aromatic heterocycles. The highest BCUT2D eigenvalue weighted by Crippen LogP contribution is 2.65. The van der Waals surface area contributed by atoms with Crippen molar-refractivity contribution in [2.45, 2.75) is 271 Å². The van der Waals surface area contributed by atoms with Crippen LogP contribution in [0.25, 0.3) is 75.6 Å². The average Bonchev–Trinajstić information content (AvgIpc) is 2.33. The summed E-state index contributed by atoms with van der Waals surface area (Å²) < 4.78 is 21.2. The normalized spacial score (nSPS) is 16.0. The van der Waals surface area contributed by atoms with Crippen LogP contribution in [0.2, 0.25) is 0 Å². The van der Waals surface area contributed by atoms with Crippen LogP contribution in [0.4, 0.5) is 0 Å². The Hall–Kier alpha value is -4.08. The Morgan fingerprint density at radius 2 is 0.695 bits per heavy atom. The minimum Gasteiger partial charge on any atom is -0.173 e. The van der Waals surface area contributed by atoms with E-state index in [1.54, 1.807) is 22.3 Å². The number of nitrogens with zero attached hydrogens (tertiary/aromatic N) is 4. The van der Waals surface area contributed by atoms with Crippen LogP contribution in [0, 0.1) is 13.8 Å². The van der Waals surface area contributed by atoms with Crippen molar-refractivity contribution in [3.63, 3.8) is 0 Å². The van der Waals surface area contributed by atoms with Gasteiger partial charge in [0.25, 0.3) is 0 Å². The third kappa shape index (κ3) is 9.86. The maximum absolute atomic E-state index is 5.51. The molecule has 0 bridgehead atoms. The first-order chi connectivity index (χ1) is 39.8. The number of unbranched alkanes of at least 4 members (excludes halogenated alkanes) is 20. The Morgan fingerprint density at radius 1 is 0.329 bits per heavy atom. The standard InChI is InChI=1S/C74H94N4S4/c1-11-15-19-23-27-31-35-73(36-32-28-24-20-16-12-2)56-42-50-57(41-49(56)63-58(73)39-47(5)65-67(63)77-81-75-65)74(37-33-29-25-21-17-13-3,38-34-30-26-22-18-14-4)59-45-53(66-68(64(50)59)78-82-76-66)62-46-61-70(80-62)52-44-54-51(43-55(52)72(61,9)10)69-60(71(54,7)8)40-48(6)79-69/h39-46H,11-38H2,1-10H3. The number of aromatic nitrogens is 4. The van der Waals surface area contributed by atoms with E-state index in [4.69, 9.17) is 17.5 Å². The number of hydrogen-bond acceptors (Lipinski definition) is 8. The van der Waals surface area contributed by atoms with Crippen LogP contribution in [0.5, 0.6) is 0 Å². The lowest BCUT2D eigenvalue weighted by Crippen LogP contribution is -2.27. The van der Waals surface area contributed by atoms with Gasteiger partial charge in [0.15, 0.2) is 0 Å². The first-order valence-electron chi connectivity index (χ1n) is 33.1. The lowest BCUT2D eigenvalue weighted by molar-refractivity contribution is 0.394. The van der Waals surface area contributed by atoms with Gasteiger partial charge in [-0.05, 0) is 154 Å². The molecular weight excluding hydrogens is 1070 g/mol. The molecule has 0 aliphatic heterocycles. The largest absolute Gasteiger partial charge is 0.173 e. The summed E-state index contributed by atoms with van der Waals surface area (Å²) in [5.41, 5.74) is 27.5. The molecule has 0 atom stereocenters. The molecule has 0 spiro atoms. The van der Waals surface area contributed by atoms with Crippen LogP contribution >= 0.6 is 46.1 Å². The van der Waals surface area contributed by atoms with E-state index in [1.165, 1.54) is 277 Å². The summed E-state index contributed by atoms with van der Waals surface area (Å²) in [4.78, 5) is 5.69. The molecule has 0 unspecified atom stereocenters. The summed E-state index contributed by atoms with van der Waals surface area (Å²) in [6.45, 7) is 23.9. The molecule has 12 rings (SSSR count). The topological polar surface area (TPSA) is 51.6 Å². The molecule has 82 heavy (non-hydrogen) atoms. The number of fused-ring (bicyclic) bond motifs is 16. The van der Waals surface area contributed by atoms with Crippen LogP contribution in [-0.4, -0.2) is 17.5 Å². The quantitative estimate of drug-likeness (QED) is 0.0439. The van der Waals surface area contributed by atoms with Gasteiger partial charge in [0.05, 0.1) is 23.5 Å². The van der Waals surface area contributed by atoms with Crippen molar-refractivity contribution >= 4 is 68.2 Å². The summed E-state index contributed by atoms with van der Waals surface area (Å²) in [7, 11) is 0. The molecule has 0 saturated carbocycles. The van der Waals surface area contributed by atoms with Crippen LogP contribution in [0.3, 0.4) is 0 Å². The van der Waals surface area contributed by atoms with Gasteiger partial charge in [-0.3, -0.25) is 0 Å². The maximum atomic E-state index is 5.51. The molecule has 0 N–H and O–H groups in total. The SMILES string of the molecule is CCCCCCCCC1(CCCCCCCC)c2cc3c(cc2-c2c1cc(C)c1nsnc21)C(CCCCCCCC)(CCCCCCCC)c1cc(-c2cc4c(s2)-c2cc5c(cc2C4(C)C)-c2sc(C)cc2C5(C)C)c2nsnc2c1-3. The monoisotopic (exact) mass is 1170 g/mol. The summed E-state index contributed by atoms with van der Waals surface area (Å²) in [5, 5.41) is 0. The van der Waals surface area contributed by atoms with Gasteiger partial charge in [0.2, 0.25) is 0 Å². The van der Waals surface area contributed by atoms with Crippen molar-refractivity contribution in [1.29, 1.82) is 0 Å². The van der Waals surface area contributed by atoms with Crippen LogP contribution in [-0.2, 0) is 21.7 Å². The fourth-order valence-electron chi connectivity index (χ4n) is 16.4. The van der Waals surface area contributed by atoms with E-state index in [-0.39, 0.29) is 21.7 Å². The second-order valence-corrected chi connectivity index (χ2v) is 30.6. The second kappa shape index (κ2) is 24.0. The minimum absolute atomic E-state index is 0.0211. The molecular formula is C74H94N4S4. The summed E-state index contributed by atoms with van der Waals surface area (Å²) in [5.74, 6) is 0. The first-order valence-corrected chi connectivity index (χ1v) is 36.1. The number of rotatable bonds is 29. The highest BCUT2D eigenvalue weighted by molar-refractivity contribution is 7.19. The van der Waals surface area contributed by atoms with Gasteiger partial charge in [0, 0.05) is 57.9 Å². The van der Waals surface area contributed by atoms with Crippen LogP contribution in [0.1, 0.15) is 290 Å². The van der Waals surface area contributed by atoms with E-state index in [0.717, 1.165) is 34.9 Å². The second-order valence-electron chi connectivity index (χ2n) is 27.2. The average molecular weight is 1170 g/mol. The Kier molecular flexibility index (Phi) is 17.1. The lowest BCUT2D eigenvalue weighted by atomic mass is 9.68. The Bertz CT molecular complexity index is 3580. The predicted octanol–water partition coefficient (Wildman–Crippen LogP) is 24.3. The third-order valence-corrected chi connectivity index (χ3v) is 24.4. The molecule has 4 aliphatic rings. The molecule has 434 valence electrons. The van der Waals surface area contributed by atoms with E-state index in [9.17, 15) is 0 Å². The zero-order valence-corrected chi connectivity index (χ0v) is 55.1. The third-order valence-electron chi connectivity index (χ3n) is 21.0. The minimum atomic E-state index is -0.147. The van der Waals surface area contributed by atoms with Crippen molar-refractivity contribution < 1.29 is 0 Å². The van der Waals surface area contributed by atoms with Crippen LogP contribution in [0.15, 0.2) is 48.5 Å². The number of aryl methyl sites for hydroxylation is 2. The number of thiophene rings is 2. The summed E-state index contributed by atoms with van der Waals surface area (Å²) in [6, 6.07) is 21.2. The van der Waals surface area contributed by atoms with Gasteiger partial charge >= 0.3 is 0 Å². The molecule has 4 nitrogen and oxygen atoms in total. The molecule has 8 heteroatoms. The van der Waals surface area contributed by atoms with Gasteiger partial charge in [-0.1, -0.05) is 216 Å².